The molecule has 0 radical (unpaired) electrons. The first-order valence-electron chi connectivity index (χ1n) is 8.51. The van der Waals surface area contributed by atoms with Crippen LogP contribution in [0.3, 0.4) is 0 Å². The van der Waals surface area contributed by atoms with E-state index >= 15 is 0 Å². The molecule has 0 bridgehead atoms. The number of para-hydroxylation sites is 1. The fraction of sp³-hybridized carbons (Fsp3) is 0.500. The Morgan fingerprint density at radius 3 is 3.25 bits per heavy atom. The minimum Gasteiger partial charge on any atom is -0.454 e. The maximum absolute atomic E-state index is 5.59. The molecule has 1 atom stereocenters. The van der Waals surface area contributed by atoms with Crippen LogP contribution in [-0.2, 0) is 24.2 Å². The molecule has 6 nitrogen and oxygen atoms in total. The second-order valence-electron chi connectivity index (χ2n) is 6.27. The Balaban J connectivity index is 1.47. The number of fused-ring (bicyclic) bond motifs is 2. The molecule has 0 fully saturated rings. The first kappa shape index (κ1) is 15.5. The van der Waals surface area contributed by atoms with E-state index in [2.05, 4.69) is 17.6 Å². The van der Waals surface area contributed by atoms with Crippen molar-refractivity contribution in [3.05, 3.63) is 41.2 Å². The van der Waals surface area contributed by atoms with Crippen molar-refractivity contribution in [2.45, 2.75) is 38.4 Å². The lowest BCUT2D eigenvalue weighted by molar-refractivity contribution is 0.173. The Labute approximate surface area is 141 Å². The van der Waals surface area contributed by atoms with E-state index in [1.54, 1.807) is 7.11 Å². The van der Waals surface area contributed by atoms with E-state index in [4.69, 9.17) is 19.3 Å². The zero-order chi connectivity index (χ0) is 16.4. The number of aromatic nitrogens is 2. The predicted octanol–water partition coefficient (Wildman–Crippen LogP) is 2.43. The monoisotopic (exact) mass is 329 g/mol. The van der Waals surface area contributed by atoms with E-state index in [1.807, 2.05) is 16.8 Å². The standard InChI is InChI=1S/C18H23N3O3/c1-22-9-8-21-11-14-5-2-6-15(17(14)20-21)19-10-13-4-3-7-16-18(13)24-12-23-16/h3-4,7,11,15,19H,2,5-6,8-10,12H2,1H3. The lowest BCUT2D eigenvalue weighted by Gasteiger charge is -2.22. The molecular weight excluding hydrogens is 306 g/mol. The first-order chi connectivity index (χ1) is 11.8. The summed E-state index contributed by atoms with van der Waals surface area (Å²) in [5, 5.41) is 8.42. The molecule has 1 aromatic carbocycles. The van der Waals surface area contributed by atoms with E-state index in [9.17, 15) is 0 Å². The number of nitrogens with one attached hydrogen (secondary N) is 1. The van der Waals surface area contributed by atoms with Crippen LogP contribution in [0.25, 0.3) is 0 Å². The van der Waals surface area contributed by atoms with Gasteiger partial charge in [-0.2, -0.15) is 5.10 Å². The van der Waals surface area contributed by atoms with Gasteiger partial charge in [0.15, 0.2) is 11.5 Å². The molecule has 1 aliphatic carbocycles. The van der Waals surface area contributed by atoms with Gasteiger partial charge >= 0.3 is 0 Å². The van der Waals surface area contributed by atoms with Gasteiger partial charge in [-0.05, 0) is 30.9 Å². The minimum absolute atomic E-state index is 0.288. The van der Waals surface area contributed by atoms with Gasteiger partial charge in [-0.15, -0.1) is 0 Å². The molecule has 1 N–H and O–H groups in total. The molecular formula is C18H23N3O3. The van der Waals surface area contributed by atoms with E-state index in [-0.39, 0.29) is 6.04 Å². The molecule has 128 valence electrons. The molecule has 0 saturated carbocycles. The van der Waals surface area contributed by atoms with E-state index in [1.165, 1.54) is 17.7 Å². The third-order valence-electron chi connectivity index (χ3n) is 4.68. The van der Waals surface area contributed by atoms with Crippen LogP contribution in [-0.4, -0.2) is 30.3 Å². The number of rotatable bonds is 6. The highest BCUT2D eigenvalue weighted by molar-refractivity contribution is 5.48. The maximum Gasteiger partial charge on any atom is 0.231 e. The second kappa shape index (κ2) is 6.83. The van der Waals surface area contributed by atoms with E-state index in [0.29, 0.717) is 13.4 Å². The summed E-state index contributed by atoms with van der Waals surface area (Å²) in [6.45, 7) is 2.55. The highest BCUT2D eigenvalue weighted by atomic mass is 16.7. The van der Waals surface area contributed by atoms with Crippen molar-refractivity contribution < 1.29 is 14.2 Å². The summed E-state index contributed by atoms with van der Waals surface area (Å²) < 4.78 is 18.2. The predicted molar refractivity (Wildman–Crippen MR) is 89.2 cm³/mol. The fourth-order valence-corrected chi connectivity index (χ4v) is 3.46. The Bertz CT molecular complexity index is 714. The summed E-state index contributed by atoms with van der Waals surface area (Å²) in [6.07, 6.45) is 5.57. The molecule has 24 heavy (non-hydrogen) atoms. The average Bonchev–Trinajstić information content (AvgIpc) is 3.24. The number of nitrogens with zero attached hydrogens (tertiary/aromatic N) is 2. The normalized spacial score (nSPS) is 18.6. The largest absolute Gasteiger partial charge is 0.454 e. The summed E-state index contributed by atoms with van der Waals surface area (Å²) in [4.78, 5) is 0. The molecule has 2 aliphatic rings. The number of aryl methyl sites for hydroxylation is 1. The molecule has 6 heteroatoms. The Hall–Kier alpha value is -2.05. The van der Waals surface area contributed by atoms with Gasteiger partial charge in [-0.25, -0.2) is 0 Å². The highest BCUT2D eigenvalue weighted by Crippen LogP contribution is 2.36. The van der Waals surface area contributed by atoms with Crippen molar-refractivity contribution >= 4 is 0 Å². The molecule has 2 heterocycles. The molecule has 0 saturated heterocycles. The SMILES string of the molecule is COCCn1cc2c(n1)C(NCc1cccc3c1OCO3)CCC2. The quantitative estimate of drug-likeness (QED) is 0.882. The van der Waals surface area contributed by atoms with Crippen LogP contribution in [0, 0.1) is 0 Å². The smallest absolute Gasteiger partial charge is 0.231 e. The van der Waals surface area contributed by atoms with Crippen molar-refractivity contribution in [1.82, 2.24) is 15.1 Å². The van der Waals surface area contributed by atoms with Gasteiger partial charge < -0.3 is 19.5 Å². The first-order valence-corrected chi connectivity index (χ1v) is 8.51. The van der Waals surface area contributed by atoms with E-state index < -0.39 is 0 Å². The number of hydrogen-bond donors (Lipinski definition) is 1. The van der Waals surface area contributed by atoms with Crippen molar-refractivity contribution in [3.8, 4) is 11.5 Å². The third-order valence-corrected chi connectivity index (χ3v) is 4.68. The maximum atomic E-state index is 5.59. The van der Waals surface area contributed by atoms with Crippen molar-refractivity contribution in [3.63, 3.8) is 0 Å². The van der Waals surface area contributed by atoms with Crippen LogP contribution in [0.5, 0.6) is 11.5 Å². The Morgan fingerprint density at radius 2 is 2.33 bits per heavy atom. The molecule has 1 aromatic heterocycles. The van der Waals surface area contributed by atoms with Crippen LogP contribution in [0.4, 0.5) is 0 Å². The average molecular weight is 329 g/mol. The summed E-state index contributed by atoms with van der Waals surface area (Å²) in [5.41, 5.74) is 3.67. The molecule has 0 amide bonds. The third kappa shape index (κ3) is 2.99. The number of hydrogen-bond acceptors (Lipinski definition) is 5. The van der Waals surface area contributed by atoms with Crippen molar-refractivity contribution in [2.24, 2.45) is 0 Å². The molecule has 1 aliphatic heterocycles. The fourth-order valence-electron chi connectivity index (χ4n) is 3.46. The molecule has 2 aromatic rings. The van der Waals surface area contributed by atoms with Gasteiger partial charge in [0.2, 0.25) is 6.79 Å². The zero-order valence-corrected chi connectivity index (χ0v) is 14.0. The van der Waals surface area contributed by atoms with Crippen LogP contribution in [0.2, 0.25) is 0 Å². The summed E-state index contributed by atoms with van der Waals surface area (Å²) >= 11 is 0. The van der Waals surface area contributed by atoms with Gasteiger partial charge in [-0.3, -0.25) is 4.68 Å². The topological polar surface area (TPSA) is 57.5 Å². The molecule has 1 unspecified atom stereocenters. The minimum atomic E-state index is 0.288. The highest BCUT2D eigenvalue weighted by Gasteiger charge is 2.24. The van der Waals surface area contributed by atoms with Crippen LogP contribution in [0.1, 0.15) is 35.7 Å². The van der Waals surface area contributed by atoms with Gasteiger partial charge in [0.05, 0.1) is 24.9 Å². The van der Waals surface area contributed by atoms with Crippen molar-refractivity contribution in [2.75, 3.05) is 20.5 Å². The second-order valence-corrected chi connectivity index (χ2v) is 6.27. The molecule has 4 rings (SSSR count). The lowest BCUT2D eigenvalue weighted by Crippen LogP contribution is -2.25. The lowest BCUT2D eigenvalue weighted by atomic mass is 9.93. The number of ether oxygens (including phenoxy) is 3. The van der Waals surface area contributed by atoms with Crippen LogP contribution < -0.4 is 14.8 Å². The van der Waals surface area contributed by atoms with Crippen molar-refractivity contribution in [1.29, 1.82) is 0 Å². The van der Waals surface area contributed by atoms with E-state index in [0.717, 1.165) is 43.0 Å². The van der Waals surface area contributed by atoms with Crippen LogP contribution >= 0.6 is 0 Å². The number of methoxy groups -OCH3 is 1. The summed E-state index contributed by atoms with van der Waals surface area (Å²) in [7, 11) is 1.72. The van der Waals surface area contributed by atoms with Gasteiger partial charge in [-0.1, -0.05) is 12.1 Å². The van der Waals surface area contributed by atoms with Gasteiger partial charge in [0.1, 0.15) is 0 Å². The zero-order valence-electron chi connectivity index (χ0n) is 14.0. The number of benzene rings is 1. The van der Waals surface area contributed by atoms with Crippen LogP contribution in [0.15, 0.2) is 24.4 Å². The Morgan fingerprint density at radius 1 is 1.38 bits per heavy atom. The molecule has 0 spiro atoms. The summed E-state index contributed by atoms with van der Waals surface area (Å²) in [6, 6.07) is 6.33. The van der Waals surface area contributed by atoms with Gasteiger partial charge in [0.25, 0.3) is 0 Å². The summed E-state index contributed by atoms with van der Waals surface area (Å²) in [5.74, 6) is 1.70. The van der Waals surface area contributed by atoms with Gasteiger partial charge in [0, 0.05) is 25.4 Å². The Kier molecular flexibility index (Phi) is 4.40.